The Bertz CT molecular complexity index is 858. The van der Waals surface area contributed by atoms with Crippen LogP contribution in [0.15, 0.2) is 47.5 Å². The third-order valence-electron chi connectivity index (χ3n) is 4.26. The second-order valence-corrected chi connectivity index (χ2v) is 6.25. The van der Waals surface area contributed by atoms with Crippen molar-refractivity contribution in [2.45, 2.75) is 20.0 Å². The summed E-state index contributed by atoms with van der Waals surface area (Å²) in [5, 5.41) is 4.30. The van der Waals surface area contributed by atoms with Crippen LogP contribution in [-0.4, -0.2) is 37.2 Å². The van der Waals surface area contributed by atoms with Crippen LogP contribution in [0.2, 0.25) is 0 Å². The van der Waals surface area contributed by atoms with Crippen molar-refractivity contribution in [3.8, 4) is 0 Å². The van der Waals surface area contributed by atoms with Gasteiger partial charge in [0, 0.05) is 44.0 Å². The predicted octanol–water partition coefficient (Wildman–Crippen LogP) is 1.33. The van der Waals surface area contributed by atoms with Gasteiger partial charge >= 0.3 is 0 Å². The first-order valence-electron chi connectivity index (χ1n) is 7.87. The van der Waals surface area contributed by atoms with Crippen molar-refractivity contribution in [3.63, 3.8) is 0 Å². The van der Waals surface area contributed by atoms with Gasteiger partial charge in [-0.05, 0) is 25.1 Å². The van der Waals surface area contributed by atoms with E-state index in [4.69, 9.17) is 0 Å². The molecule has 23 heavy (non-hydrogen) atoms. The van der Waals surface area contributed by atoms with E-state index in [1.807, 2.05) is 35.7 Å². The van der Waals surface area contributed by atoms with Gasteiger partial charge in [-0.3, -0.25) is 9.69 Å². The molecule has 0 aliphatic carbocycles. The first kappa shape index (κ1) is 14.1. The van der Waals surface area contributed by atoms with E-state index in [0.717, 1.165) is 36.7 Å². The summed E-state index contributed by atoms with van der Waals surface area (Å²) in [6.07, 6.45) is 4.09. The number of rotatable bonds is 4. The van der Waals surface area contributed by atoms with Crippen LogP contribution in [0, 0.1) is 12.8 Å². The molecule has 3 aromatic heterocycles. The molecule has 1 aliphatic heterocycles. The molecule has 1 saturated heterocycles. The van der Waals surface area contributed by atoms with Gasteiger partial charge < -0.3 is 4.40 Å². The van der Waals surface area contributed by atoms with Crippen molar-refractivity contribution in [1.29, 1.82) is 0 Å². The summed E-state index contributed by atoms with van der Waals surface area (Å²) in [5.41, 5.74) is 2.93. The molecule has 4 rings (SSSR count). The Kier molecular flexibility index (Phi) is 3.46. The van der Waals surface area contributed by atoms with E-state index >= 15 is 0 Å². The van der Waals surface area contributed by atoms with Crippen molar-refractivity contribution in [3.05, 3.63) is 64.5 Å². The van der Waals surface area contributed by atoms with Crippen molar-refractivity contribution in [2.24, 2.45) is 5.92 Å². The summed E-state index contributed by atoms with van der Waals surface area (Å²) in [7, 11) is 0. The Hall–Kier alpha value is -2.47. The quantitative estimate of drug-likeness (QED) is 0.729. The summed E-state index contributed by atoms with van der Waals surface area (Å²) >= 11 is 0. The van der Waals surface area contributed by atoms with Crippen LogP contribution < -0.4 is 5.56 Å². The van der Waals surface area contributed by atoms with E-state index in [9.17, 15) is 4.79 Å². The Morgan fingerprint density at radius 2 is 2.09 bits per heavy atom. The number of nitrogens with zero attached hydrogens (tertiary/aromatic N) is 5. The van der Waals surface area contributed by atoms with Crippen molar-refractivity contribution >= 4 is 5.65 Å². The van der Waals surface area contributed by atoms with Gasteiger partial charge in [0.05, 0.1) is 17.9 Å². The van der Waals surface area contributed by atoms with E-state index in [2.05, 4.69) is 21.2 Å². The number of aromatic nitrogens is 4. The lowest BCUT2D eigenvalue weighted by Crippen LogP contribution is -2.48. The normalized spacial score (nSPS) is 15.9. The maximum Gasteiger partial charge on any atom is 0.266 e. The van der Waals surface area contributed by atoms with Crippen LogP contribution in [0.5, 0.6) is 0 Å². The molecule has 6 heteroatoms. The molecule has 0 aromatic carbocycles. The van der Waals surface area contributed by atoms with Crippen LogP contribution >= 0.6 is 0 Å². The summed E-state index contributed by atoms with van der Waals surface area (Å²) in [5.74, 6) is 0.485. The monoisotopic (exact) mass is 309 g/mol. The molecule has 0 bridgehead atoms. The Labute approximate surface area is 134 Å². The average molecular weight is 309 g/mol. The molecule has 0 amide bonds. The summed E-state index contributed by atoms with van der Waals surface area (Å²) < 4.78 is 3.63. The van der Waals surface area contributed by atoms with E-state index in [0.29, 0.717) is 12.5 Å². The minimum Gasteiger partial charge on any atom is -0.307 e. The topological polar surface area (TPSA) is 55.4 Å². The number of likely N-dealkylation sites (tertiary alicyclic amines) is 1. The lowest BCUT2D eigenvalue weighted by atomic mass is 10.00. The largest absolute Gasteiger partial charge is 0.307 e. The molecule has 6 nitrogen and oxygen atoms in total. The van der Waals surface area contributed by atoms with E-state index in [1.54, 1.807) is 16.8 Å². The van der Waals surface area contributed by atoms with Crippen molar-refractivity contribution in [1.82, 2.24) is 24.1 Å². The zero-order valence-corrected chi connectivity index (χ0v) is 13.1. The second kappa shape index (κ2) is 5.62. The Morgan fingerprint density at radius 1 is 1.22 bits per heavy atom. The van der Waals surface area contributed by atoms with Gasteiger partial charge in [-0.2, -0.15) is 5.10 Å². The summed E-state index contributed by atoms with van der Waals surface area (Å²) in [6, 6.07) is 9.37. The van der Waals surface area contributed by atoms with Gasteiger partial charge in [0.2, 0.25) is 0 Å². The fourth-order valence-corrected chi connectivity index (χ4v) is 3.14. The molecule has 0 unspecified atom stereocenters. The van der Waals surface area contributed by atoms with E-state index < -0.39 is 0 Å². The number of hydrogen-bond acceptors (Lipinski definition) is 4. The Morgan fingerprint density at radius 3 is 2.91 bits per heavy atom. The molecule has 118 valence electrons. The molecular formula is C17H19N5O. The number of aryl methyl sites for hydroxylation is 1. The SMILES string of the molecule is Cc1ccc(=O)n(CC2CN(Cc3cn4ccccc4n3)C2)n1. The first-order chi connectivity index (χ1) is 11.2. The number of fused-ring (bicyclic) bond motifs is 1. The number of imidazole rings is 1. The maximum atomic E-state index is 11.8. The standard InChI is InChI=1S/C17H19N5O/c1-13-5-6-17(23)22(19-13)10-14-8-20(9-14)11-15-12-21-7-3-2-4-16(21)18-15/h2-7,12,14H,8-11H2,1H3. The zero-order chi connectivity index (χ0) is 15.8. The third-order valence-corrected chi connectivity index (χ3v) is 4.26. The summed E-state index contributed by atoms with van der Waals surface area (Å²) in [6.45, 7) is 5.43. The third kappa shape index (κ3) is 2.90. The highest BCUT2D eigenvalue weighted by Crippen LogP contribution is 2.19. The predicted molar refractivity (Wildman–Crippen MR) is 87.2 cm³/mol. The summed E-state index contributed by atoms with van der Waals surface area (Å²) in [4.78, 5) is 18.8. The number of hydrogen-bond donors (Lipinski definition) is 0. The smallest absolute Gasteiger partial charge is 0.266 e. The van der Waals surface area contributed by atoms with Crippen molar-refractivity contribution in [2.75, 3.05) is 13.1 Å². The molecular weight excluding hydrogens is 290 g/mol. The highest BCUT2D eigenvalue weighted by atomic mass is 16.1. The van der Waals surface area contributed by atoms with Crippen LogP contribution in [0.1, 0.15) is 11.4 Å². The fraction of sp³-hybridized carbons (Fsp3) is 0.353. The minimum absolute atomic E-state index is 0.0191. The lowest BCUT2D eigenvalue weighted by molar-refractivity contribution is 0.0754. The molecule has 0 saturated carbocycles. The van der Waals surface area contributed by atoms with Gasteiger partial charge in [0.1, 0.15) is 5.65 Å². The molecule has 0 N–H and O–H groups in total. The fourth-order valence-electron chi connectivity index (χ4n) is 3.14. The van der Waals surface area contributed by atoms with Crippen LogP contribution in [0.4, 0.5) is 0 Å². The maximum absolute atomic E-state index is 11.8. The molecule has 0 radical (unpaired) electrons. The van der Waals surface area contributed by atoms with Crippen LogP contribution in [0.25, 0.3) is 5.65 Å². The molecule has 1 aliphatic rings. The molecule has 1 fully saturated rings. The molecule has 3 aromatic rings. The van der Waals surface area contributed by atoms with Gasteiger partial charge in [-0.1, -0.05) is 6.07 Å². The lowest BCUT2D eigenvalue weighted by Gasteiger charge is -2.38. The van der Waals surface area contributed by atoms with Gasteiger partial charge in [0.15, 0.2) is 0 Å². The van der Waals surface area contributed by atoms with Gasteiger partial charge in [-0.25, -0.2) is 9.67 Å². The van der Waals surface area contributed by atoms with Crippen LogP contribution in [0.3, 0.4) is 0 Å². The molecule has 0 atom stereocenters. The minimum atomic E-state index is -0.0191. The van der Waals surface area contributed by atoms with Crippen molar-refractivity contribution < 1.29 is 0 Å². The Balaban J connectivity index is 1.36. The highest BCUT2D eigenvalue weighted by Gasteiger charge is 2.28. The molecule has 0 spiro atoms. The van der Waals surface area contributed by atoms with E-state index in [-0.39, 0.29) is 5.56 Å². The zero-order valence-electron chi connectivity index (χ0n) is 13.1. The molecule has 4 heterocycles. The average Bonchev–Trinajstić information content (AvgIpc) is 2.91. The van der Waals surface area contributed by atoms with Gasteiger partial charge in [0.25, 0.3) is 5.56 Å². The van der Waals surface area contributed by atoms with Crippen LogP contribution in [-0.2, 0) is 13.1 Å². The van der Waals surface area contributed by atoms with Gasteiger partial charge in [-0.15, -0.1) is 0 Å². The first-order valence-corrected chi connectivity index (χ1v) is 7.87. The number of pyridine rings is 1. The van der Waals surface area contributed by atoms with E-state index in [1.165, 1.54) is 0 Å². The highest BCUT2D eigenvalue weighted by molar-refractivity contribution is 5.39. The second-order valence-electron chi connectivity index (χ2n) is 6.25.